The maximum Gasteiger partial charge on any atom is 0.297 e. The van der Waals surface area contributed by atoms with Crippen LogP contribution in [0.15, 0.2) is 35.2 Å². The van der Waals surface area contributed by atoms with Crippen LogP contribution in [0.2, 0.25) is 0 Å². The summed E-state index contributed by atoms with van der Waals surface area (Å²) in [5, 5.41) is 0. The van der Waals surface area contributed by atoms with Gasteiger partial charge in [0.1, 0.15) is 11.9 Å². The van der Waals surface area contributed by atoms with E-state index in [1.165, 1.54) is 12.1 Å². The van der Waals surface area contributed by atoms with Gasteiger partial charge in [0.25, 0.3) is 10.1 Å². The maximum absolute atomic E-state index is 11.8. The number of carbonyl (C=O) groups is 2. The molecule has 1 unspecified atom stereocenters. The summed E-state index contributed by atoms with van der Waals surface area (Å²) >= 11 is 0. The molecule has 1 saturated carbocycles. The van der Waals surface area contributed by atoms with E-state index in [1.54, 1.807) is 18.2 Å². The Labute approximate surface area is 98.5 Å². The summed E-state index contributed by atoms with van der Waals surface area (Å²) in [6.07, 6.45) is -1.56. The summed E-state index contributed by atoms with van der Waals surface area (Å²) in [5.74, 6) is -0.766. The monoisotopic (exact) mass is 254 g/mol. The van der Waals surface area contributed by atoms with Gasteiger partial charge in [-0.25, -0.2) is 0 Å². The van der Waals surface area contributed by atoms with Crippen LogP contribution in [-0.4, -0.2) is 26.1 Å². The van der Waals surface area contributed by atoms with E-state index in [0.717, 1.165) is 0 Å². The van der Waals surface area contributed by atoms with E-state index in [2.05, 4.69) is 0 Å². The Bertz CT molecular complexity index is 546. The molecular weight excluding hydrogens is 244 g/mol. The summed E-state index contributed by atoms with van der Waals surface area (Å²) in [7, 11) is -3.97. The van der Waals surface area contributed by atoms with E-state index in [0.29, 0.717) is 0 Å². The van der Waals surface area contributed by atoms with Gasteiger partial charge in [-0.15, -0.1) is 0 Å². The molecule has 0 aromatic heterocycles. The SMILES string of the molecule is O=C1CC(=O)C(OS(=O)(=O)c2ccccc2)C1. The molecule has 5 nitrogen and oxygen atoms in total. The molecule has 6 heteroatoms. The number of carbonyl (C=O) groups excluding carboxylic acids is 2. The highest BCUT2D eigenvalue weighted by Gasteiger charge is 2.35. The number of hydrogen-bond acceptors (Lipinski definition) is 5. The average Bonchev–Trinajstić information content (AvgIpc) is 2.58. The van der Waals surface area contributed by atoms with Crippen LogP contribution in [0, 0.1) is 0 Å². The summed E-state index contributed by atoms with van der Waals surface area (Å²) in [5.41, 5.74) is 0. The Morgan fingerprint density at radius 1 is 1.12 bits per heavy atom. The molecule has 1 aliphatic carbocycles. The molecule has 1 fully saturated rings. The third kappa shape index (κ3) is 2.59. The highest BCUT2D eigenvalue weighted by Crippen LogP contribution is 2.20. The standard InChI is InChI=1S/C11H10O5S/c12-8-6-10(13)11(7-8)16-17(14,15)9-4-2-1-3-5-9/h1-5,11H,6-7H2. The van der Waals surface area contributed by atoms with Crippen molar-refractivity contribution in [1.82, 2.24) is 0 Å². The lowest BCUT2D eigenvalue weighted by molar-refractivity contribution is -0.124. The van der Waals surface area contributed by atoms with Crippen molar-refractivity contribution in [2.24, 2.45) is 0 Å². The minimum Gasteiger partial charge on any atom is -0.299 e. The van der Waals surface area contributed by atoms with Crippen LogP contribution in [0.3, 0.4) is 0 Å². The largest absolute Gasteiger partial charge is 0.299 e. The van der Waals surface area contributed by atoms with Crippen molar-refractivity contribution < 1.29 is 22.2 Å². The minimum absolute atomic E-state index is 0.0212. The van der Waals surface area contributed by atoms with Crippen molar-refractivity contribution in [2.45, 2.75) is 23.8 Å². The molecular formula is C11H10O5S. The van der Waals surface area contributed by atoms with Crippen LogP contribution < -0.4 is 0 Å². The number of hydrogen-bond donors (Lipinski definition) is 0. The quantitative estimate of drug-likeness (QED) is 0.586. The third-order valence-electron chi connectivity index (χ3n) is 2.42. The van der Waals surface area contributed by atoms with Gasteiger partial charge in [-0.05, 0) is 12.1 Å². The topological polar surface area (TPSA) is 77.5 Å². The lowest BCUT2D eigenvalue weighted by Crippen LogP contribution is -2.22. The molecule has 0 saturated heterocycles. The second-order valence-electron chi connectivity index (χ2n) is 3.74. The minimum atomic E-state index is -3.97. The van der Waals surface area contributed by atoms with Crippen molar-refractivity contribution in [3.63, 3.8) is 0 Å². The molecule has 2 rings (SSSR count). The molecule has 1 aromatic carbocycles. The van der Waals surface area contributed by atoms with E-state index in [-0.39, 0.29) is 23.5 Å². The van der Waals surface area contributed by atoms with Gasteiger partial charge < -0.3 is 0 Å². The smallest absolute Gasteiger partial charge is 0.297 e. The van der Waals surface area contributed by atoms with E-state index in [1.807, 2.05) is 0 Å². The fourth-order valence-corrected chi connectivity index (χ4v) is 2.67. The fraction of sp³-hybridized carbons (Fsp3) is 0.273. The van der Waals surface area contributed by atoms with Crippen molar-refractivity contribution >= 4 is 21.7 Å². The first kappa shape index (κ1) is 11.9. The van der Waals surface area contributed by atoms with Gasteiger partial charge in [0.15, 0.2) is 5.78 Å². The van der Waals surface area contributed by atoms with Crippen molar-refractivity contribution in [3.8, 4) is 0 Å². The van der Waals surface area contributed by atoms with Crippen LogP contribution in [-0.2, 0) is 23.9 Å². The summed E-state index contributed by atoms with van der Waals surface area (Å²) < 4.78 is 28.3. The Balaban J connectivity index is 2.19. The van der Waals surface area contributed by atoms with Gasteiger partial charge in [-0.1, -0.05) is 18.2 Å². The van der Waals surface area contributed by atoms with Crippen LogP contribution in [0.1, 0.15) is 12.8 Å². The third-order valence-corrected chi connectivity index (χ3v) is 3.75. The Morgan fingerprint density at radius 2 is 1.76 bits per heavy atom. The zero-order valence-electron chi connectivity index (χ0n) is 8.83. The van der Waals surface area contributed by atoms with Crippen molar-refractivity contribution in [3.05, 3.63) is 30.3 Å². The molecule has 0 bridgehead atoms. The molecule has 90 valence electrons. The molecule has 0 radical (unpaired) electrons. The molecule has 1 aromatic rings. The molecule has 0 heterocycles. The average molecular weight is 254 g/mol. The van der Waals surface area contributed by atoms with Gasteiger partial charge in [0.2, 0.25) is 0 Å². The van der Waals surface area contributed by atoms with Crippen LogP contribution >= 0.6 is 0 Å². The van der Waals surface area contributed by atoms with Crippen LogP contribution in [0.5, 0.6) is 0 Å². The molecule has 0 amide bonds. The first-order chi connectivity index (χ1) is 7.99. The maximum atomic E-state index is 11.8. The normalized spacial score (nSPS) is 20.8. The van der Waals surface area contributed by atoms with Crippen molar-refractivity contribution in [2.75, 3.05) is 0 Å². The number of Topliss-reactive ketones (excluding diaryl/α,β-unsaturated/α-hetero) is 2. The van der Waals surface area contributed by atoms with Gasteiger partial charge >= 0.3 is 0 Å². The summed E-state index contributed by atoms with van der Waals surface area (Å²) in [6, 6.07) is 7.52. The van der Waals surface area contributed by atoms with Crippen molar-refractivity contribution in [1.29, 1.82) is 0 Å². The first-order valence-electron chi connectivity index (χ1n) is 5.02. The Morgan fingerprint density at radius 3 is 2.29 bits per heavy atom. The number of benzene rings is 1. The number of ketones is 2. The van der Waals surface area contributed by atoms with Gasteiger partial charge in [0.05, 0.1) is 11.3 Å². The highest BCUT2D eigenvalue weighted by molar-refractivity contribution is 7.86. The zero-order chi connectivity index (χ0) is 12.5. The van der Waals surface area contributed by atoms with E-state index >= 15 is 0 Å². The predicted molar refractivity (Wildman–Crippen MR) is 57.7 cm³/mol. The predicted octanol–water partition coefficient (Wildman–Crippen LogP) is 0.692. The second kappa shape index (κ2) is 4.38. The van der Waals surface area contributed by atoms with Crippen LogP contribution in [0.25, 0.3) is 0 Å². The fourth-order valence-electron chi connectivity index (χ4n) is 1.58. The molecule has 0 spiro atoms. The lowest BCUT2D eigenvalue weighted by Gasteiger charge is -2.09. The molecule has 17 heavy (non-hydrogen) atoms. The van der Waals surface area contributed by atoms with Gasteiger partial charge in [-0.3, -0.25) is 13.8 Å². The highest BCUT2D eigenvalue weighted by atomic mass is 32.2. The summed E-state index contributed by atoms with van der Waals surface area (Å²) in [6.45, 7) is 0. The zero-order valence-corrected chi connectivity index (χ0v) is 9.64. The Hall–Kier alpha value is -1.53. The van der Waals surface area contributed by atoms with Crippen LogP contribution in [0.4, 0.5) is 0 Å². The lowest BCUT2D eigenvalue weighted by atomic mass is 10.3. The molecule has 1 aliphatic rings. The van der Waals surface area contributed by atoms with E-state index in [4.69, 9.17) is 4.18 Å². The summed E-state index contributed by atoms with van der Waals surface area (Å²) in [4.78, 5) is 22.3. The van der Waals surface area contributed by atoms with Gasteiger partial charge in [0, 0.05) is 6.42 Å². The number of rotatable bonds is 3. The van der Waals surface area contributed by atoms with Gasteiger partial charge in [-0.2, -0.15) is 8.42 Å². The molecule has 0 aliphatic heterocycles. The van der Waals surface area contributed by atoms with E-state index in [9.17, 15) is 18.0 Å². The molecule has 1 atom stereocenters. The van der Waals surface area contributed by atoms with E-state index < -0.39 is 22.0 Å². The molecule has 0 N–H and O–H groups in total. The Kier molecular flexibility index (Phi) is 3.08. The first-order valence-corrected chi connectivity index (χ1v) is 6.42. The second-order valence-corrected chi connectivity index (χ2v) is 5.31.